The van der Waals surface area contributed by atoms with Crippen LogP contribution in [0.15, 0.2) is 53.9 Å². The monoisotopic (exact) mass is 634 g/mol. The van der Waals surface area contributed by atoms with Crippen molar-refractivity contribution in [2.45, 2.75) is 31.7 Å². The number of ether oxygens (including phenoxy) is 1. The molecule has 11 heteroatoms. The maximum atomic E-state index is 12.3. The highest BCUT2D eigenvalue weighted by Gasteiger charge is 2.27. The third kappa shape index (κ3) is 6.71. The zero-order chi connectivity index (χ0) is 30.8. The van der Waals surface area contributed by atoms with E-state index in [1.54, 1.807) is 25.5 Å². The van der Waals surface area contributed by atoms with Crippen LogP contribution in [0.5, 0.6) is 5.75 Å². The van der Waals surface area contributed by atoms with Crippen molar-refractivity contribution >= 4 is 43.0 Å². The number of nitrogens with zero attached hydrogens (tertiary/aromatic N) is 6. The molecule has 44 heavy (non-hydrogen) atoms. The summed E-state index contributed by atoms with van der Waals surface area (Å²) in [6.45, 7) is 6.78. The second-order valence-corrected chi connectivity index (χ2v) is 14.9. The van der Waals surface area contributed by atoms with E-state index in [0.717, 1.165) is 64.8 Å². The predicted molar refractivity (Wildman–Crippen MR) is 180 cm³/mol. The molecule has 2 aromatic heterocycles. The van der Waals surface area contributed by atoms with Gasteiger partial charge >= 0.3 is 0 Å². The Balaban J connectivity index is 1.20. The van der Waals surface area contributed by atoms with Crippen LogP contribution in [-0.4, -0.2) is 101 Å². The van der Waals surface area contributed by atoms with E-state index >= 15 is 0 Å². The Hall–Kier alpha value is -3.25. The number of methoxy groups -OCH3 is 1. The van der Waals surface area contributed by atoms with E-state index in [9.17, 15) is 8.42 Å². The zero-order valence-electron chi connectivity index (χ0n) is 26.1. The Morgan fingerprint density at radius 3 is 2.43 bits per heavy atom. The van der Waals surface area contributed by atoms with Crippen molar-refractivity contribution in [1.82, 2.24) is 19.8 Å². The van der Waals surface area contributed by atoms with Crippen molar-refractivity contribution in [2.75, 3.05) is 75.9 Å². The summed E-state index contributed by atoms with van der Waals surface area (Å²) in [6.07, 6.45) is 4.64. The number of hydrogen-bond acceptors (Lipinski definition) is 9. The summed E-state index contributed by atoms with van der Waals surface area (Å²) in [5.74, 6) is 1.57. The molecule has 4 aromatic rings. The van der Waals surface area contributed by atoms with Crippen LogP contribution in [0.3, 0.4) is 0 Å². The molecule has 0 bridgehead atoms. The van der Waals surface area contributed by atoms with Gasteiger partial charge in [0.05, 0.1) is 35.0 Å². The average molecular weight is 635 g/mol. The molecule has 234 valence electrons. The molecule has 0 radical (unpaired) electrons. The summed E-state index contributed by atoms with van der Waals surface area (Å²) >= 11 is 1.61. The molecule has 2 aliphatic heterocycles. The van der Waals surface area contributed by atoms with Gasteiger partial charge in [-0.3, -0.25) is 9.21 Å². The van der Waals surface area contributed by atoms with Gasteiger partial charge in [0.25, 0.3) is 0 Å². The lowest BCUT2D eigenvalue weighted by molar-refractivity contribution is 0.0982. The highest BCUT2D eigenvalue weighted by Crippen LogP contribution is 2.32. The van der Waals surface area contributed by atoms with Gasteiger partial charge in [-0.1, -0.05) is 24.3 Å². The van der Waals surface area contributed by atoms with Crippen molar-refractivity contribution < 1.29 is 13.2 Å². The molecule has 0 spiro atoms. The van der Waals surface area contributed by atoms with Crippen LogP contribution in [0.1, 0.15) is 35.5 Å². The van der Waals surface area contributed by atoms with Gasteiger partial charge in [0.2, 0.25) is 10.0 Å². The molecule has 6 rings (SSSR count). The van der Waals surface area contributed by atoms with Crippen LogP contribution in [0.2, 0.25) is 0 Å². The van der Waals surface area contributed by atoms with Crippen molar-refractivity contribution in [2.24, 2.45) is 0 Å². The fourth-order valence-electron chi connectivity index (χ4n) is 6.43. The quantitative estimate of drug-likeness (QED) is 0.267. The van der Waals surface area contributed by atoms with Crippen molar-refractivity contribution in [3.05, 3.63) is 76.6 Å². The number of para-hydroxylation sites is 1. The predicted octanol–water partition coefficient (Wildman–Crippen LogP) is 4.49. The number of piperidine rings is 1. The lowest BCUT2D eigenvalue weighted by atomic mass is 10.0. The number of sulfonamides is 1. The van der Waals surface area contributed by atoms with E-state index in [2.05, 4.69) is 39.9 Å². The van der Waals surface area contributed by atoms with Crippen LogP contribution >= 0.6 is 11.3 Å². The maximum Gasteiger partial charge on any atom is 0.232 e. The minimum absolute atomic E-state index is 0.503. The lowest BCUT2D eigenvalue weighted by Gasteiger charge is -2.42. The third-order valence-electron chi connectivity index (χ3n) is 9.11. The van der Waals surface area contributed by atoms with Crippen molar-refractivity contribution in [3.8, 4) is 5.75 Å². The van der Waals surface area contributed by atoms with Crippen LogP contribution in [-0.2, 0) is 22.9 Å². The van der Waals surface area contributed by atoms with Gasteiger partial charge in [0.1, 0.15) is 11.6 Å². The Bertz CT molecular complexity index is 1710. The smallest absolute Gasteiger partial charge is 0.232 e. The third-order valence-corrected chi connectivity index (χ3v) is 11.3. The van der Waals surface area contributed by atoms with Crippen LogP contribution < -0.4 is 13.9 Å². The summed E-state index contributed by atoms with van der Waals surface area (Å²) in [7, 11) is 2.13. The molecule has 0 N–H and O–H groups in total. The Labute approximate surface area is 265 Å². The van der Waals surface area contributed by atoms with E-state index in [-0.39, 0.29) is 0 Å². The van der Waals surface area contributed by atoms with Gasteiger partial charge in [-0.25, -0.2) is 18.4 Å². The maximum absolute atomic E-state index is 12.3. The van der Waals surface area contributed by atoms with Gasteiger partial charge in [-0.05, 0) is 49.0 Å². The lowest BCUT2D eigenvalue weighted by Crippen LogP contribution is -2.52. The van der Waals surface area contributed by atoms with Crippen molar-refractivity contribution in [1.29, 1.82) is 0 Å². The van der Waals surface area contributed by atoms with Crippen LogP contribution in [0, 0.1) is 0 Å². The number of aromatic nitrogens is 2. The number of piperazine rings is 1. The van der Waals surface area contributed by atoms with Gasteiger partial charge < -0.3 is 14.5 Å². The van der Waals surface area contributed by atoms with Gasteiger partial charge in [0.15, 0.2) is 0 Å². The van der Waals surface area contributed by atoms with Gasteiger partial charge in [0, 0.05) is 82.5 Å². The van der Waals surface area contributed by atoms with E-state index < -0.39 is 10.0 Å². The minimum atomic E-state index is -3.40. The molecule has 0 atom stereocenters. The normalized spacial score (nSPS) is 17.3. The molecule has 2 fully saturated rings. The van der Waals surface area contributed by atoms with Crippen LogP contribution in [0.25, 0.3) is 10.2 Å². The van der Waals surface area contributed by atoms with Gasteiger partial charge in [-0.2, -0.15) is 0 Å². The first kappa shape index (κ1) is 30.8. The Morgan fingerprint density at radius 2 is 1.70 bits per heavy atom. The molecule has 0 unspecified atom stereocenters. The topological polar surface area (TPSA) is 82.1 Å². The number of anilines is 2. The molecule has 2 saturated heterocycles. The summed E-state index contributed by atoms with van der Waals surface area (Å²) < 4.78 is 32.9. The van der Waals surface area contributed by atoms with Crippen molar-refractivity contribution in [3.63, 3.8) is 0 Å². The second kappa shape index (κ2) is 13.0. The first-order valence-corrected chi connectivity index (χ1v) is 18.0. The standard InChI is InChI=1S/C33H42N6O3S2/c1-36-16-18-39(19-17-36)26-11-14-38(15-12-26)27-10-9-25(31(23-27)42-3)22-32-34-28-13-20-43-33(28)29(35-32)21-24-7-5-6-8-30(24)37(2)44(4,40)41/h5-10,13,20,23,26H,11-12,14-19,21-22H2,1-4H3. The molecule has 0 saturated carbocycles. The molecule has 9 nitrogen and oxygen atoms in total. The Kier molecular flexibility index (Phi) is 9.09. The van der Waals surface area contributed by atoms with E-state index in [4.69, 9.17) is 14.7 Å². The van der Waals surface area contributed by atoms with E-state index in [0.29, 0.717) is 24.6 Å². The largest absolute Gasteiger partial charge is 0.496 e. The van der Waals surface area contributed by atoms with Gasteiger partial charge in [-0.15, -0.1) is 11.3 Å². The number of fused-ring (bicyclic) bond motifs is 1. The molecule has 0 aliphatic carbocycles. The Morgan fingerprint density at radius 1 is 0.955 bits per heavy atom. The summed E-state index contributed by atoms with van der Waals surface area (Å²) in [4.78, 5) is 17.5. The summed E-state index contributed by atoms with van der Waals surface area (Å²) in [6, 6.07) is 16.8. The number of hydrogen-bond donors (Lipinski definition) is 0. The summed E-state index contributed by atoms with van der Waals surface area (Å²) in [5.41, 5.74) is 5.60. The average Bonchev–Trinajstić information content (AvgIpc) is 3.50. The molecule has 2 aliphatic rings. The number of likely N-dealkylation sites (N-methyl/N-ethyl adjacent to an activating group) is 1. The fourth-order valence-corrected chi connectivity index (χ4v) is 7.78. The highest BCUT2D eigenvalue weighted by molar-refractivity contribution is 7.92. The van der Waals surface area contributed by atoms with E-state index in [1.807, 2.05) is 35.7 Å². The van der Waals surface area contributed by atoms with E-state index in [1.165, 1.54) is 42.2 Å². The molecule has 2 aromatic carbocycles. The molecular weight excluding hydrogens is 593 g/mol. The zero-order valence-corrected chi connectivity index (χ0v) is 27.7. The highest BCUT2D eigenvalue weighted by atomic mass is 32.2. The first-order valence-electron chi connectivity index (χ1n) is 15.3. The fraction of sp³-hybridized carbons (Fsp3) is 0.455. The first-order chi connectivity index (χ1) is 21.2. The molecule has 4 heterocycles. The number of thiophene rings is 1. The summed E-state index contributed by atoms with van der Waals surface area (Å²) in [5, 5.41) is 2.03. The molecular formula is C33H42N6O3S2. The minimum Gasteiger partial charge on any atom is -0.496 e. The number of rotatable bonds is 9. The number of benzene rings is 2. The SMILES string of the molecule is COc1cc(N2CCC(N3CCN(C)CC3)CC2)ccc1Cc1nc(Cc2ccccc2N(C)S(C)(=O)=O)c2sccc2n1. The van der Waals surface area contributed by atoms with Crippen LogP contribution in [0.4, 0.5) is 11.4 Å². The second-order valence-electron chi connectivity index (χ2n) is 12.0. The molecule has 0 amide bonds.